The highest BCUT2D eigenvalue weighted by Crippen LogP contribution is 2.42. The van der Waals surface area contributed by atoms with Crippen molar-refractivity contribution in [3.8, 4) is 34.3 Å². The summed E-state index contributed by atoms with van der Waals surface area (Å²) in [4.78, 5) is 12.1. The number of hydrogen-bond acceptors (Lipinski definition) is 6. The number of phenolic OH excluding ortho intramolecular Hbond substituents is 3. The lowest BCUT2D eigenvalue weighted by atomic mass is 10.1. The maximum Gasteiger partial charge on any atom is 0.238 e. The van der Waals surface area contributed by atoms with Gasteiger partial charge in [0.25, 0.3) is 0 Å². The van der Waals surface area contributed by atoms with E-state index in [-0.39, 0.29) is 11.3 Å². The van der Waals surface area contributed by atoms with Gasteiger partial charge in [0, 0.05) is 11.6 Å². The van der Waals surface area contributed by atoms with Crippen molar-refractivity contribution in [1.29, 1.82) is 0 Å². The molecule has 0 bridgehead atoms. The molecule has 6 heteroatoms. The first-order chi connectivity index (χ1) is 10.0. The highest BCUT2D eigenvalue weighted by atomic mass is 16.4. The fraction of sp³-hybridized carbons (Fsp3) is 0. The van der Waals surface area contributed by atoms with Crippen LogP contribution < -0.4 is 5.43 Å². The monoisotopic (exact) mass is 286 g/mol. The van der Waals surface area contributed by atoms with E-state index in [0.717, 1.165) is 6.07 Å². The Morgan fingerprint density at radius 2 is 1.52 bits per heavy atom. The van der Waals surface area contributed by atoms with Gasteiger partial charge in [0.1, 0.15) is 11.0 Å². The van der Waals surface area contributed by atoms with E-state index in [2.05, 4.69) is 0 Å². The van der Waals surface area contributed by atoms with Crippen LogP contribution in [0.1, 0.15) is 0 Å². The standard InChI is InChI=1S/C15H10O6/c16-8-6-9-10(12(18)11(8)17)13(19)14(20)15(21-9)7-4-2-1-3-5-7/h1-6,16-18,20H. The van der Waals surface area contributed by atoms with Gasteiger partial charge in [0.05, 0.1) is 0 Å². The summed E-state index contributed by atoms with van der Waals surface area (Å²) in [5, 5.41) is 38.2. The minimum atomic E-state index is -0.900. The molecule has 106 valence electrons. The Balaban J connectivity index is 2.44. The third-order valence-electron chi connectivity index (χ3n) is 3.12. The van der Waals surface area contributed by atoms with Crippen molar-refractivity contribution < 1.29 is 24.8 Å². The molecule has 1 heterocycles. The topological polar surface area (TPSA) is 111 Å². The third-order valence-corrected chi connectivity index (χ3v) is 3.12. The summed E-state index contributed by atoms with van der Waals surface area (Å²) in [5.41, 5.74) is -0.589. The van der Waals surface area contributed by atoms with Gasteiger partial charge in [-0.15, -0.1) is 0 Å². The number of fused-ring (bicyclic) bond motifs is 1. The molecule has 4 N–H and O–H groups in total. The lowest BCUT2D eigenvalue weighted by Crippen LogP contribution is -2.03. The first-order valence-electron chi connectivity index (χ1n) is 5.99. The maximum atomic E-state index is 12.1. The molecule has 0 fully saturated rings. The normalized spacial score (nSPS) is 10.9. The van der Waals surface area contributed by atoms with Gasteiger partial charge < -0.3 is 24.8 Å². The van der Waals surface area contributed by atoms with Crippen LogP contribution >= 0.6 is 0 Å². The van der Waals surface area contributed by atoms with Gasteiger partial charge in [-0.3, -0.25) is 4.79 Å². The van der Waals surface area contributed by atoms with Crippen molar-refractivity contribution in [2.45, 2.75) is 0 Å². The number of aromatic hydroxyl groups is 4. The van der Waals surface area contributed by atoms with Crippen LogP contribution in [0.2, 0.25) is 0 Å². The highest BCUT2D eigenvalue weighted by molar-refractivity contribution is 5.90. The molecule has 0 saturated carbocycles. The molecule has 0 spiro atoms. The van der Waals surface area contributed by atoms with E-state index in [0.29, 0.717) is 5.56 Å². The Bertz CT molecular complexity index is 896. The first kappa shape index (κ1) is 12.9. The fourth-order valence-electron chi connectivity index (χ4n) is 2.09. The lowest BCUT2D eigenvalue weighted by molar-refractivity contribution is 0.369. The lowest BCUT2D eigenvalue weighted by Gasteiger charge is -2.08. The molecule has 0 aliphatic carbocycles. The summed E-state index contributed by atoms with van der Waals surface area (Å²) in [6.45, 7) is 0. The number of benzene rings is 2. The summed E-state index contributed by atoms with van der Waals surface area (Å²) in [6, 6.07) is 9.41. The van der Waals surface area contributed by atoms with Crippen LogP contribution in [0.3, 0.4) is 0 Å². The minimum Gasteiger partial charge on any atom is -0.504 e. The zero-order valence-electron chi connectivity index (χ0n) is 10.6. The quantitative estimate of drug-likeness (QED) is 0.511. The van der Waals surface area contributed by atoms with Crippen LogP contribution in [0.25, 0.3) is 22.3 Å². The van der Waals surface area contributed by atoms with Crippen LogP contribution in [0.5, 0.6) is 23.0 Å². The van der Waals surface area contributed by atoms with Crippen molar-refractivity contribution in [2.75, 3.05) is 0 Å². The van der Waals surface area contributed by atoms with E-state index in [1.807, 2.05) is 0 Å². The zero-order valence-corrected chi connectivity index (χ0v) is 10.6. The predicted molar refractivity (Wildman–Crippen MR) is 74.6 cm³/mol. The second-order valence-electron chi connectivity index (χ2n) is 4.44. The van der Waals surface area contributed by atoms with Gasteiger partial charge in [-0.1, -0.05) is 30.3 Å². The number of rotatable bonds is 1. The molecule has 1 aromatic heterocycles. The molecule has 0 atom stereocenters. The Labute approximate surface area is 117 Å². The van der Waals surface area contributed by atoms with E-state index < -0.39 is 33.8 Å². The number of phenols is 3. The Hall–Kier alpha value is -3.15. The molecule has 2 aromatic carbocycles. The maximum absolute atomic E-state index is 12.1. The van der Waals surface area contributed by atoms with Crippen molar-refractivity contribution in [3.05, 3.63) is 46.6 Å². The van der Waals surface area contributed by atoms with Gasteiger partial charge in [-0.25, -0.2) is 0 Å². The third kappa shape index (κ3) is 1.85. The number of hydrogen-bond donors (Lipinski definition) is 4. The SMILES string of the molecule is O=c1c(O)c(-c2ccccc2)oc2cc(O)c(O)c(O)c12. The average Bonchev–Trinajstić information content (AvgIpc) is 2.49. The van der Waals surface area contributed by atoms with Crippen LogP contribution in [-0.2, 0) is 0 Å². The smallest absolute Gasteiger partial charge is 0.238 e. The van der Waals surface area contributed by atoms with E-state index in [1.54, 1.807) is 30.3 Å². The fourth-order valence-corrected chi connectivity index (χ4v) is 2.09. The van der Waals surface area contributed by atoms with Crippen molar-refractivity contribution in [1.82, 2.24) is 0 Å². The van der Waals surface area contributed by atoms with Crippen molar-refractivity contribution in [2.24, 2.45) is 0 Å². The van der Waals surface area contributed by atoms with Gasteiger partial charge in [-0.2, -0.15) is 0 Å². The molecular formula is C15H10O6. The van der Waals surface area contributed by atoms with E-state index >= 15 is 0 Å². The summed E-state index contributed by atoms with van der Waals surface area (Å²) in [7, 11) is 0. The van der Waals surface area contributed by atoms with Gasteiger partial charge in [-0.05, 0) is 0 Å². The van der Waals surface area contributed by atoms with Crippen LogP contribution in [-0.4, -0.2) is 20.4 Å². The molecule has 0 aliphatic rings. The van der Waals surface area contributed by atoms with Gasteiger partial charge >= 0.3 is 0 Å². The highest BCUT2D eigenvalue weighted by Gasteiger charge is 2.21. The Morgan fingerprint density at radius 3 is 2.19 bits per heavy atom. The van der Waals surface area contributed by atoms with Crippen LogP contribution in [0, 0.1) is 0 Å². The van der Waals surface area contributed by atoms with Gasteiger partial charge in [0.2, 0.25) is 16.9 Å². The second kappa shape index (κ2) is 4.45. The molecule has 0 aliphatic heterocycles. The molecule has 3 rings (SSSR count). The second-order valence-corrected chi connectivity index (χ2v) is 4.44. The molecule has 3 aromatic rings. The van der Waals surface area contributed by atoms with E-state index in [4.69, 9.17) is 4.42 Å². The average molecular weight is 286 g/mol. The Kier molecular flexibility index (Phi) is 2.72. The van der Waals surface area contributed by atoms with Crippen LogP contribution in [0.4, 0.5) is 0 Å². The first-order valence-corrected chi connectivity index (χ1v) is 5.99. The van der Waals surface area contributed by atoms with E-state index in [1.165, 1.54) is 0 Å². The predicted octanol–water partition coefficient (Wildman–Crippen LogP) is 2.28. The molecule has 6 nitrogen and oxygen atoms in total. The molecule has 21 heavy (non-hydrogen) atoms. The summed E-state index contributed by atoms with van der Waals surface area (Å²) < 4.78 is 5.40. The molecule has 0 unspecified atom stereocenters. The Morgan fingerprint density at radius 1 is 0.857 bits per heavy atom. The molecular weight excluding hydrogens is 276 g/mol. The summed E-state index contributed by atoms with van der Waals surface area (Å²) >= 11 is 0. The summed E-state index contributed by atoms with van der Waals surface area (Å²) in [5.74, 6) is -3.09. The van der Waals surface area contributed by atoms with Crippen molar-refractivity contribution >= 4 is 11.0 Å². The van der Waals surface area contributed by atoms with E-state index in [9.17, 15) is 25.2 Å². The molecule has 0 amide bonds. The zero-order chi connectivity index (χ0) is 15.1. The van der Waals surface area contributed by atoms with Crippen LogP contribution in [0.15, 0.2) is 45.6 Å². The largest absolute Gasteiger partial charge is 0.504 e. The van der Waals surface area contributed by atoms with Gasteiger partial charge in [0.15, 0.2) is 17.3 Å². The van der Waals surface area contributed by atoms with Crippen molar-refractivity contribution in [3.63, 3.8) is 0 Å². The molecule has 0 saturated heterocycles. The molecule has 0 radical (unpaired) electrons. The summed E-state index contributed by atoms with van der Waals surface area (Å²) in [6.07, 6.45) is 0. The minimum absolute atomic E-state index is 0.0856.